The lowest BCUT2D eigenvalue weighted by atomic mass is 9.76. The zero-order valence-corrected chi connectivity index (χ0v) is 14.8. The molecule has 1 unspecified atom stereocenters. The molecule has 1 spiro atoms. The summed E-state index contributed by atoms with van der Waals surface area (Å²) in [5.74, 6) is -0.911. The second-order valence-corrected chi connectivity index (χ2v) is 7.92. The van der Waals surface area contributed by atoms with Crippen LogP contribution in [0.15, 0.2) is 10.6 Å². The highest BCUT2D eigenvalue weighted by Crippen LogP contribution is 2.45. The number of carboxylic acid groups (broad SMARTS) is 1. The van der Waals surface area contributed by atoms with E-state index in [-0.39, 0.29) is 23.0 Å². The Kier molecular flexibility index (Phi) is 4.00. The lowest BCUT2D eigenvalue weighted by Gasteiger charge is -2.39. The number of hydrogen-bond acceptors (Lipinski definition) is 5. The Morgan fingerprint density at radius 2 is 1.96 bits per heavy atom. The predicted molar refractivity (Wildman–Crippen MR) is 89.3 cm³/mol. The van der Waals surface area contributed by atoms with Crippen LogP contribution in [0, 0.1) is 18.3 Å². The molecule has 0 radical (unpaired) electrons. The maximum Gasteiger partial charge on any atom is 0.326 e. The smallest absolute Gasteiger partial charge is 0.326 e. The van der Waals surface area contributed by atoms with Crippen molar-refractivity contribution in [2.45, 2.75) is 45.1 Å². The molecular weight excluding hydrogens is 338 g/mol. The van der Waals surface area contributed by atoms with Gasteiger partial charge in [0.25, 0.3) is 5.91 Å². The molecule has 4 rings (SSSR count). The van der Waals surface area contributed by atoms with Crippen LogP contribution >= 0.6 is 0 Å². The number of piperidine rings is 1. The van der Waals surface area contributed by atoms with Gasteiger partial charge in [-0.15, -0.1) is 0 Å². The first kappa shape index (κ1) is 17.1. The van der Waals surface area contributed by atoms with Crippen LogP contribution in [0.25, 0.3) is 0 Å². The number of carbonyl (C=O) groups excluding carboxylic acids is 2. The van der Waals surface area contributed by atoms with E-state index in [0.717, 1.165) is 25.7 Å². The molecule has 1 saturated carbocycles. The standard InChI is InChI=1S/C18H23N3O5/c1-11-8-14(26-19-11)16(23)21-10-18(9-13(21)17(24)25)4-6-20(7-5-18)15(22)12-2-3-12/h8,12-13H,2-7,9-10H2,1H3,(H,24,25). The molecule has 2 amide bonds. The number of aryl methyl sites for hydroxylation is 1. The Bertz CT molecular complexity index is 746. The van der Waals surface area contributed by atoms with Crippen LogP contribution in [0.4, 0.5) is 0 Å². The third-order valence-corrected chi connectivity index (χ3v) is 5.96. The minimum Gasteiger partial charge on any atom is -0.480 e. The fraction of sp³-hybridized carbons (Fsp3) is 0.667. The molecule has 1 N–H and O–H groups in total. The van der Waals surface area contributed by atoms with Crippen molar-refractivity contribution >= 4 is 17.8 Å². The monoisotopic (exact) mass is 361 g/mol. The van der Waals surface area contributed by atoms with Crippen molar-refractivity contribution in [3.8, 4) is 0 Å². The van der Waals surface area contributed by atoms with Crippen molar-refractivity contribution in [3.05, 3.63) is 17.5 Å². The summed E-state index contributed by atoms with van der Waals surface area (Å²) in [4.78, 5) is 40.0. The maximum atomic E-state index is 12.7. The van der Waals surface area contributed by atoms with Gasteiger partial charge in [-0.05, 0) is 44.4 Å². The summed E-state index contributed by atoms with van der Waals surface area (Å²) >= 11 is 0. The van der Waals surface area contributed by atoms with E-state index >= 15 is 0 Å². The molecule has 3 heterocycles. The Morgan fingerprint density at radius 3 is 2.50 bits per heavy atom. The molecule has 3 fully saturated rings. The molecule has 0 aromatic carbocycles. The molecule has 26 heavy (non-hydrogen) atoms. The molecule has 1 aromatic rings. The van der Waals surface area contributed by atoms with E-state index < -0.39 is 17.9 Å². The van der Waals surface area contributed by atoms with E-state index in [0.29, 0.717) is 31.7 Å². The topological polar surface area (TPSA) is 104 Å². The average Bonchev–Trinajstić information content (AvgIpc) is 3.28. The van der Waals surface area contributed by atoms with Gasteiger partial charge < -0.3 is 19.4 Å². The third kappa shape index (κ3) is 2.97. The molecule has 1 aromatic heterocycles. The molecule has 3 aliphatic rings. The third-order valence-electron chi connectivity index (χ3n) is 5.96. The summed E-state index contributed by atoms with van der Waals surface area (Å²) in [6.07, 6.45) is 3.86. The average molecular weight is 361 g/mol. The van der Waals surface area contributed by atoms with Gasteiger partial charge in [-0.1, -0.05) is 5.16 Å². The summed E-state index contributed by atoms with van der Waals surface area (Å²) in [5.41, 5.74) is 0.342. The van der Waals surface area contributed by atoms with Crippen molar-refractivity contribution in [1.29, 1.82) is 0 Å². The van der Waals surface area contributed by atoms with E-state index in [9.17, 15) is 19.5 Å². The highest BCUT2D eigenvalue weighted by molar-refractivity contribution is 5.94. The molecule has 0 bridgehead atoms. The highest BCUT2D eigenvalue weighted by atomic mass is 16.5. The van der Waals surface area contributed by atoms with Gasteiger partial charge in [-0.25, -0.2) is 4.79 Å². The van der Waals surface area contributed by atoms with Gasteiger partial charge in [-0.2, -0.15) is 0 Å². The van der Waals surface area contributed by atoms with Gasteiger partial charge in [0.2, 0.25) is 11.7 Å². The van der Waals surface area contributed by atoms with Crippen molar-refractivity contribution in [2.75, 3.05) is 19.6 Å². The second kappa shape index (κ2) is 6.10. The van der Waals surface area contributed by atoms with Crippen LogP contribution in [-0.2, 0) is 9.59 Å². The quantitative estimate of drug-likeness (QED) is 0.870. The number of rotatable bonds is 3. The Balaban J connectivity index is 1.48. The van der Waals surface area contributed by atoms with Crippen molar-refractivity contribution in [3.63, 3.8) is 0 Å². The molecular formula is C18H23N3O5. The number of likely N-dealkylation sites (tertiary alicyclic amines) is 2. The first-order chi connectivity index (χ1) is 12.4. The molecule has 8 heteroatoms. The predicted octanol–water partition coefficient (Wildman–Crippen LogP) is 1.30. The van der Waals surface area contributed by atoms with E-state index in [1.165, 1.54) is 11.0 Å². The number of aliphatic carboxylic acids is 1. The minimum atomic E-state index is -0.997. The van der Waals surface area contributed by atoms with Gasteiger partial charge >= 0.3 is 5.97 Å². The zero-order chi connectivity index (χ0) is 18.5. The number of carbonyl (C=O) groups is 3. The molecule has 2 saturated heterocycles. The fourth-order valence-electron chi connectivity index (χ4n) is 4.25. The molecule has 2 aliphatic heterocycles. The second-order valence-electron chi connectivity index (χ2n) is 7.92. The van der Waals surface area contributed by atoms with Gasteiger partial charge in [0.05, 0.1) is 5.69 Å². The first-order valence-corrected chi connectivity index (χ1v) is 9.14. The van der Waals surface area contributed by atoms with Gasteiger partial charge in [0.1, 0.15) is 6.04 Å². The molecule has 1 aliphatic carbocycles. The summed E-state index contributed by atoms with van der Waals surface area (Å²) in [5, 5.41) is 13.3. The van der Waals surface area contributed by atoms with Crippen LogP contribution in [0.1, 0.15) is 48.4 Å². The van der Waals surface area contributed by atoms with Gasteiger partial charge in [-0.3, -0.25) is 9.59 Å². The van der Waals surface area contributed by atoms with Crippen LogP contribution in [-0.4, -0.2) is 63.5 Å². The SMILES string of the molecule is Cc1cc(C(=O)N2CC3(CCN(C(=O)C4CC4)CC3)CC2C(=O)O)on1. The lowest BCUT2D eigenvalue weighted by molar-refractivity contribution is -0.141. The van der Waals surface area contributed by atoms with Gasteiger partial charge in [0.15, 0.2) is 0 Å². The highest BCUT2D eigenvalue weighted by Gasteiger charge is 2.51. The van der Waals surface area contributed by atoms with E-state index in [1.807, 2.05) is 4.90 Å². The minimum absolute atomic E-state index is 0.0761. The zero-order valence-electron chi connectivity index (χ0n) is 14.8. The van der Waals surface area contributed by atoms with Crippen molar-refractivity contribution in [1.82, 2.24) is 15.0 Å². The van der Waals surface area contributed by atoms with Crippen LogP contribution in [0.5, 0.6) is 0 Å². The Hall–Kier alpha value is -2.38. The van der Waals surface area contributed by atoms with E-state index in [2.05, 4.69) is 5.16 Å². The van der Waals surface area contributed by atoms with Crippen molar-refractivity contribution in [2.24, 2.45) is 11.3 Å². The first-order valence-electron chi connectivity index (χ1n) is 9.14. The summed E-state index contributed by atoms with van der Waals surface area (Å²) in [6.45, 7) is 3.39. The van der Waals surface area contributed by atoms with Crippen LogP contribution in [0.3, 0.4) is 0 Å². The lowest BCUT2D eigenvalue weighted by Crippen LogP contribution is -2.45. The maximum absolute atomic E-state index is 12.7. The molecule has 140 valence electrons. The fourth-order valence-corrected chi connectivity index (χ4v) is 4.25. The molecule has 1 atom stereocenters. The van der Waals surface area contributed by atoms with Crippen LogP contribution in [0.2, 0.25) is 0 Å². The van der Waals surface area contributed by atoms with Gasteiger partial charge in [0, 0.05) is 31.6 Å². The Labute approximate surface area is 151 Å². The largest absolute Gasteiger partial charge is 0.480 e. The molecule has 8 nitrogen and oxygen atoms in total. The normalized spacial score (nSPS) is 24.9. The summed E-state index contributed by atoms with van der Waals surface area (Å²) in [7, 11) is 0. The van der Waals surface area contributed by atoms with E-state index in [1.54, 1.807) is 6.92 Å². The number of nitrogens with zero attached hydrogens (tertiary/aromatic N) is 3. The number of carboxylic acids is 1. The van der Waals surface area contributed by atoms with E-state index in [4.69, 9.17) is 4.52 Å². The Morgan fingerprint density at radius 1 is 1.27 bits per heavy atom. The number of amides is 2. The van der Waals surface area contributed by atoms with Crippen molar-refractivity contribution < 1.29 is 24.0 Å². The summed E-state index contributed by atoms with van der Waals surface area (Å²) in [6, 6.07) is 0.668. The number of hydrogen-bond donors (Lipinski definition) is 1. The summed E-state index contributed by atoms with van der Waals surface area (Å²) < 4.78 is 5.04. The van der Waals surface area contributed by atoms with Crippen LogP contribution < -0.4 is 0 Å². The number of aromatic nitrogens is 1.